The molecule has 2 aromatic heterocycles. The topological polar surface area (TPSA) is 71.1 Å². The highest BCUT2D eigenvalue weighted by Gasteiger charge is 2.30. The Morgan fingerprint density at radius 1 is 1.57 bits per heavy atom. The highest BCUT2D eigenvalue weighted by molar-refractivity contribution is 7.09. The summed E-state index contributed by atoms with van der Waals surface area (Å²) in [6.45, 7) is 5.53. The Morgan fingerprint density at radius 2 is 2.43 bits per heavy atom. The van der Waals surface area contributed by atoms with Crippen LogP contribution in [0.3, 0.4) is 0 Å². The van der Waals surface area contributed by atoms with E-state index < -0.39 is 0 Å². The van der Waals surface area contributed by atoms with Crippen LogP contribution in [-0.2, 0) is 16.0 Å². The average molecular weight is 306 g/mol. The summed E-state index contributed by atoms with van der Waals surface area (Å²) < 4.78 is 5.51. The number of hydrogen-bond acceptors (Lipinski definition) is 5. The van der Waals surface area contributed by atoms with Crippen molar-refractivity contribution >= 4 is 17.2 Å². The molecule has 2 aromatic rings. The highest BCUT2D eigenvalue weighted by Crippen LogP contribution is 2.23. The van der Waals surface area contributed by atoms with E-state index >= 15 is 0 Å². The molecule has 0 aromatic carbocycles. The molecule has 1 saturated heterocycles. The molecule has 0 unspecified atom stereocenters. The van der Waals surface area contributed by atoms with Crippen LogP contribution in [0.2, 0.25) is 0 Å². The van der Waals surface area contributed by atoms with Crippen molar-refractivity contribution in [2.45, 2.75) is 26.3 Å². The van der Waals surface area contributed by atoms with Gasteiger partial charge in [-0.1, -0.05) is 0 Å². The first kappa shape index (κ1) is 14.2. The van der Waals surface area contributed by atoms with Crippen molar-refractivity contribution < 1.29 is 9.53 Å². The van der Waals surface area contributed by atoms with Crippen LogP contribution < -0.4 is 0 Å². The monoisotopic (exact) mass is 306 g/mol. The van der Waals surface area contributed by atoms with E-state index in [9.17, 15) is 4.79 Å². The van der Waals surface area contributed by atoms with Gasteiger partial charge in [-0.05, 0) is 13.8 Å². The van der Waals surface area contributed by atoms with E-state index in [2.05, 4.69) is 15.0 Å². The van der Waals surface area contributed by atoms with Gasteiger partial charge in [0.15, 0.2) is 0 Å². The highest BCUT2D eigenvalue weighted by atomic mass is 32.1. The molecule has 6 nitrogen and oxygen atoms in total. The van der Waals surface area contributed by atoms with Gasteiger partial charge in [-0.3, -0.25) is 4.79 Å². The van der Waals surface area contributed by atoms with Crippen LogP contribution in [0.25, 0.3) is 0 Å². The third-order valence-electron chi connectivity index (χ3n) is 3.49. The molecule has 0 bridgehead atoms. The molecule has 112 valence electrons. The summed E-state index contributed by atoms with van der Waals surface area (Å²) in [6.07, 6.45) is 2.11. The maximum atomic E-state index is 12.6. The molecule has 0 spiro atoms. The van der Waals surface area contributed by atoms with Crippen LogP contribution >= 0.6 is 11.3 Å². The number of H-pyrrole nitrogens is 1. The number of rotatable bonds is 3. The lowest BCUT2D eigenvalue weighted by Crippen LogP contribution is -2.44. The van der Waals surface area contributed by atoms with Gasteiger partial charge in [-0.25, -0.2) is 9.97 Å². The molecule has 0 saturated carbocycles. The van der Waals surface area contributed by atoms with E-state index in [0.717, 1.165) is 22.2 Å². The zero-order chi connectivity index (χ0) is 14.8. The van der Waals surface area contributed by atoms with E-state index in [0.29, 0.717) is 26.2 Å². The molecule has 0 aliphatic carbocycles. The van der Waals surface area contributed by atoms with Gasteiger partial charge in [0.25, 0.3) is 0 Å². The number of thiazole rings is 1. The van der Waals surface area contributed by atoms with Gasteiger partial charge in [-0.2, -0.15) is 0 Å². The molecular weight excluding hydrogens is 288 g/mol. The Morgan fingerprint density at radius 3 is 3.10 bits per heavy atom. The summed E-state index contributed by atoms with van der Waals surface area (Å²) in [6, 6.07) is -0.139. The molecule has 1 aliphatic rings. The smallest absolute Gasteiger partial charge is 0.229 e. The second-order valence-corrected chi connectivity index (χ2v) is 6.23. The quantitative estimate of drug-likeness (QED) is 0.935. The Balaban J connectivity index is 1.75. The maximum Gasteiger partial charge on any atom is 0.229 e. The van der Waals surface area contributed by atoms with Crippen molar-refractivity contribution in [2.24, 2.45) is 0 Å². The minimum atomic E-state index is -0.139. The number of nitrogens with zero attached hydrogens (tertiary/aromatic N) is 3. The van der Waals surface area contributed by atoms with Crippen molar-refractivity contribution in [3.05, 3.63) is 33.8 Å². The Kier molecular flexibility index (Phi) is 4.03. The summed E-state index contributed by atoms with van der Waals surface area (Å²) >= 11 is 1.57. The zero-order valence-electron chi connectivity index (χ0n) is 12.1. The Hall–Kier alpha value is -1.73. The molecule has 7 heteroatoms. The minimum absolute atomic E-state index is 0.0719. The molecular formula is C14H18N4O2S. The van der Waals surface area contributed by atoms with Crippen LogP contribution in [0.1, 0.15) is 28.3 Å². The summed E-state index contributed by atoms with van der Waals surface area (Å²) in [5.74, 6) is 0.859. The second kappa shape index (κ2) is 5.95. The summed E-state index contributed by atoms with van der Waals surface area (Å²) in [5, 5.41) is 2.93. The van der Waals surface area contributed by atoms with Gasteiger partial charge in [0.1, 0.15) is 11.9 Å². The van der Waals surface area contributed by atoms with Gasteiger partial charge >= 0.3 is 0 Å². The van der Waals surface area contributed by atoms with E-state index in [1.165, 1.54) is 0 Å². The van der Waals surface area contributed by atoms with Crippen LogP contribution in [-0.4, -0.2) is 45.5 Å². The minimum Gasteiger partial charge on any atom is -0.377 e. The first-order valence-corrected chi connectivity index (χ1v) is 7.81. The van der Waals surface area contributed by atoms with Crippen LogP contribution in [0.15, 0.2) is 11.6 Å². The van der Waals surface area contributed by atoms with Gasteiger partial charge in [-0.15, -0.1) is 11.3 Å². The lowest BCUT2D eigenvalue weighted by Gasteiger charge is -2.34. The molecule has 0 radical (unpaired) electrons. The fourth-order valence-corrected chi connectivity index (χ4v) is 3.09. The molecule has 3 rings (SSSR count). The summed E-state index contributed by atoms with van der Waals surface area (Å²) in [4.78, 5) is 26.3. The summed E-state index contributed by atoms with van der Waals surface area (Å²) in [7, 11) is 0. The molecule has 1 atom stereocenters. The number of amides is 1. The SMILES string of the molecule is Cc1cnc([C@@H]2COCCN2C(=O)Cc2csc(C)n2)[nH]1. The van der Waals surface area contributed by atoms with E-state index in [4.69, 9.17) is 4.74 Å². The fraction of sp³-hybridized carbons (Fsp3) is 0.500. The number of ether oxygens (including phenoxy) is 1. The van der Waals surface area contributed by atoms with E-state index in [1.807, 2.05) is 24.1 Å². The standard InChI is InChI=1S/C14H18N4O2S/c1-9-6-15-14(16-9)12-7-20-4-3-18(12)13(19)5-11-8-21-10(2)17-11/h6,8,12H,3-5,7H2,1-2H3,(H,15,16)/t12-/m0/s1. The normalized spacial score (nSPS) is 19.0. The second-order valence-electron chi connectivity index (χ2n) is 5.16. The van der Waals surface area contributed by atoms with Crippen molar-refractivity contribution in [3.63, 3.8) is 0 Å². The Bertz CT molecular complexity index is 636. The van der Waals surface area contributed by atoms with Gasteiger partial charge in [0.2, 0.25) is 5.91 Å². The lowest BCUT2D eigenvalue weighted by atomic mass is 10.2. The molecule has 21 heavy (non-hydrogen) atoms. The van der Waals surface area contributed by atoms with Crippen LogP contribution in [0.5, 0.6) is 0 Å². The van der Waals surface area contributed by atoms with Crippen molar-refractivity contribution in [2.75, 3.05) is 19.8 Å². The number of nitrogens with one attached hydrogen (secondary N) is 1. The summed E-state index contributed by atoms with van der Waals surface area (Å²) in [5.41, 5.74) is 1.82. The number of imidazole rings is 1. The maximum absolute atomic E-state index is 12.6. The van der Waals surface area contributed by atoms with Gasteiger partial charge in [0, 0.05) is 23.8 Å². The van der Waals surface area contributed by atoms with E-state index in [-0.39, 0.29) is 11.9 Å². The van der Waals surface area contributed by atoms with Crippen LogP contribution in [0, 0.1) is 13.8 Å². The zero-order valence-corrected chi connectivity index (χ0v) is 12.9. The first-order valence-electron chi connectivity index (χ1n) is 6.93. The number of hydrogen-bond donors (Lipinski definition) is 1. The number of carbonyl (C=O) groups is 1. The van der Waals surface area contributed by atoms with Gasteiger partial charge in [0.05, 0.1) is 30.3 Å². The number of aromatic nitrogens is 3. The molecule has 1 fully saturated rings. The molecule has 1 N–H and O–H groups in total. The number of aromatic amines is 1. The largest absolute Gasteiger partial charge is 0.377 e. The van der Waals surface area contributed by atoms with Crippen LogP contribution in [0.4, 0.5) is 0 Å². The fourth-order valence-electron chi connectivity index (χ4n) is 2.48. The van der Waals surface area contributed by atoms with E-state index in [1.54, 1.807) is 17.5 Å². The third kappa shape index (κ3) is 3.14. The number of carbonyl (C=O) groups excluding carboxylic acids is 1. The molecule has 3 heterocycles. The number of morpholine rings is 1. The lowest BCUT2D eigenvalue weighted by molar-refractivity contribution is -0.139. The average Bonchev–Trinajstić information content (AvgIpc) is 3.07. The Labute approximate surface area is 127 Å². The van der Waals surface area contributed by atoms with Crippen molar-refractivity contribution in [1.29, 1.82) is 0 Å². The molecule has 1 aliphatic heterocycles. The molecule has 1 amide bonds. The third-order valence-corrected chi connectivity index (χ3v) is 4.31. The van der Waals surface area contributed by atoms with Crippen molar-refractivity contribution in [1.82, 2.24) is 19.9 Å². The predicted molar refractivity (Wildman–Crippen MR) is 79.2 cm³/mol. The number of aryl methyl sites for hydroxylation is 2. The predicted octanol–water partition coefficient (Wildman–Crippen LogP) is 1.63. The van der Waals surface area contributed by atoms with Crippen molar-refractivity contribution in [3.8, 4) is 0 Å². The van der Waals surface area contributed by atoms with Gasteiger partial charge < -0.3 is 14.6 Å². The first-order chi connectivity index (χ1) is 10.1.